The molecule has 1 aromatic heterocycles. The lowest BCUT2D eigenvalue weighted by Crippen LogP contribution is -2.20. The van der Waals surface area contributed by atoms with Crippen molar-refractivity contribution in [2.45, 2.75) is 12.3 Å². The standard InChI is InChI=1S/C9H12F2N2/c1-12-6-4-9(10,11)8-3-2-5-13-7-8/h2-3,5,7,12H,4,6H2,1H3. The molecule has 0 saturated carbocycles. The van der Waals surface area contributed by atoms with Gasteiger partial charge in [-0.15, -0.1) is 0 Å². The topological polar surface area (TPSA) is 24.9 Å². The van der Waals surface area contributed by atoms with E-state index < -0.39 is 5.92 Å². The van der Waals surface area contributed by atoms with Gasteiger partial charge in [0.15, 0.2) is 0 Å². The normalized spacial score (nSPS) is 11.6. The van der Waals surface area contributed by atoms with Crippen molar-refractivity contribution in [1.82, 2.24) is 10.3 Å². The monoisotopic (exact) mass is 186 g/mol. The van der Waals surface area contributed by atoms with Crippen LogP contribution < -0.4 is 5.32 Å². The first-order valence-corrected chi connectivity index (χ1v) is 4.10. The molecule has 1 aromatic rings. The van der Waals surface area contributed by atoms with Crippen molar-refractivity contribution in [3.63, 3.8) is 0 Å². The van der Waals surface area contributed by atoms with E-state index >= 15 is 0 Å². The molecule has 0 saturated heterocycles. The molecule has 72 valence electrons. The number of pyridine rings is 1. The van der Waals surface area contributed by atoms with Gasteiger partial charge < -0.3 is 5.32 Å². The van der Waals surface area contributed by atoms with E-state index in [1.165, 1.54) is 24.5 Å². The molecule has 1 N–H and O–H groups in total. The molecule has 0 aliphatic heterocycles. The quantitative estimate of drug-likeness (QED) is 0.775. The highest BCUT2D eigenvalue weighted by Gasteiger charge is 2.30. The van der Waals surface area contributed by atoms with Crippen LogP contribution in [0.3, 0.4) is 0 Å². The second-order valence-electron chi connectivity index (χ2n) is 2.80. The Morgan fingerprint density at radius 1 is 1.54 bits per heavy atom. The predicted molar refractivity (Wildman–Crippen MR) is 46.7 cm³/mol. The Morgan fingerprint density at radius 3 is 2.85 bits per heavy atom. The van der Waals surface area contributed by atoms with E-state index in [0.29, 0.717) is 6.54 Å². The molecule has 0 aromatic carbocycles. The van der Waals surface area contributed by atoms with Crippen LogP contribution in [0.1, 0.15) is 12.0 Å². The zero-order valence-electron chi connectivity index (χ0n) is 7.43. The number of aromatic nitrogens is 1. The van der Waals surface area contributed by atoms with Crippen molar-refractivity contribution < 1.29 is 8.78 Å². The number of nitrogens with one attached hydrogen (secondary N) is 1. The van der Waals surface area contributed by atoms with Crippen LogP contribution in [0.2, 0.25) is 0 Å². The summed E-state index contributed by atoms with van der Waals surface area (Å²) in [5.41, 5.74) is -0.0229. The van der Waals surface area contributed by atoms with Gasteiger partial charge in [-0.05, 0) is 19.2 Å². The molecule has 0 unspecified atom stereocenters. The maximum Gasteiger partial charge on any atom is 0.275 e. The summed E-state index contributed by atoms with van der Waals surface area (Å²) < 4.78 is 26.5. The van der Waals surface area contributed by atoms with Crippen LogP contribution in [-0.2, 0) is 5.92 Å². The highest BCUT2D eigenvalue weighted by molar-refractivity contribution is 5.14. The minimum absolute atomic E-state index is 0.0229. The Balaban J connectivity index is 2.69. The summed E-state index contributed by atoms with van der Waals surface area (Å²) in [5, 5.41) is 2.69. The highest BCUT2D eigenvalue weighted by atomic mass is 19.3. The largest absolute Gasteiger partial charge is 0.320 e. The van der Waals surface area contributed by atoms with Crippen LogP contribution >= 0.6 is 0 Å². The third kappa shape index (κ3) is 2.73. The molecule has 0 aliphatic carbocycles. The maximum atomic E-state index is 13.3. The van der Waals surface area contributed by atoms with Crippen molar-refractivity contribution >= 4 is 0 Å². The molecule has 4 heteroatoms. The molecular formula is C9H12F2N2. The third-order valence-corrected chi connectivity index (χ3v) is 1.77. The molecule has 0 fully saturated rings. The second-order valence-corrected chi connectivity index (χ2v) is 2.80. The Kier molecular flexibility index (Phi) is 3.31. The van der Waals surface area contributed by atoms with E-state index in [9.17, 15) is 8.78 Å². The van der Waals surface area contributed by atoms with Gasteiger partial charge in [-0.3, -0.25) is 4.98 Å². The molecule has 1 heterocycles. The molecule has 0 amide bonds. The van der Waals surface area contributed by atoms with E-state index in [2.05, 4.69) is 10.3 Å². The molecule has 13 heavy (non-hydrogen) atoms. The van der Waals surface area contributed by atoms with E-state index in [-0.39, 0.29) is 12.0 Å². The average molecular weight is 186 g/mol. The van der Waals surface area contributed by atoms with Crippen molar-refractivity contribution in [3.8, 4) is 0 Å². The summed E-state index contributed by atoms with van der Waals surface area (Å²) in [4.78, 5) is 3.66. The molecular weight excluding hydrogens is 174 g/mol. The summed E-state index contributed by atoms with van der Waals surface area (Å²) in [6.45, 7) is 0.294. The molecule has 0 atom stereocenters. The number of alkyl halides is 2. The lowest BCUT2D eigenvalue weighted by atomic mass is 10.1. The number of halogens is 2. The van der Waals surface area contributed by atoms with Gasteiger partial charge in [-0.2, -0.15) is 0 Å². The lowest BCUT2D eigenvalue weighted by Gasteiger charge is -2.15. The Labute approximate surface area is 76.0 Å². The van der Waals surface area contributed by atoms with Crippen LogP contribution in [0.5, 0.6) is 0 Å². The predicted octanol–water partition coefficient (Wildman–Crippen LogP) is 1.78. The first-order valence-electron chi connectivity index (χ1n) is 4.10. The summed E-state index contributed by atoms with van der Waals surface area (Å²) in [5.74, 6) is -2.78. The van der Waals surface area contributed by atoms with Crippen LogP contribution in [-0.4, -0.2) is 18.6 Å². The molecule has 0 aliphatic rings. The number of hydrogen-bond donors (Lipinski definition) is 1. The molecule has 2 nitrogen and oxygen atoms in total. The molecule has 0 radical (unpaired) electrons. The minimum Gasteiger partial charge on any atom is -0.320 e. The first-order chi connectivity index (χ1) is 6.17. The smallest absolute Gasteiger partial charge is 0.275 e. The van der Waals surface area contributed by atoms with E-state index in [0.717, 1.165) is 0 Å². The van der Waals surface area contributed by atoms with Crippen molar-refractivity contribution in [2.75, 3.05) is 13.6 Å². The van der Waals surface area contributed by atoms with Crippen molar-refractivity contribution in [3.05, 3.63) is 30.1 Å². The van der Waals surface area contributed by atoms with Gasteiger partial charge >= 0.3 is 0 Å². The molecule has 0 spiro atoms. The third-order valence-electron chi connectivity index (χ3n) is 1.77. The van der Waals surface area contributed by atoms with Gasteiger partial charge in [0.05, 0.1) is 0 Å². The zero-order chi connectivity index (χ0) is 9.73. The first kappa shape index (κ1) is 10.1. The fraction of sp³-hybridized carbons (Fsp3) is 0.444. The second kappa shape index (κ2) is 4.28. The number of rotatable bonds is 4. The number of nitrogens with zero attached hydrogens (tertiary/aromatic N) is 1. The zero-order valence-corrected chi connectivity index (χ0v) is 7.43. The summed E-state index contributed by atoms with van der Waals surface area (Å²) >= 11 is 0. The fourth-order valence-electron chi connectivity index (χ4n) is 1.01. The van der Waals surface area contributed by atoms with E-state index in [1.54, 1.807) is 7.05 Å². The van der Waals surface area contributed by atoms with Crippen LogP contribution in [0.4, 0.5) is 8.78 Å². The van der Waals surface area contributed by atoms with Gasteiger partial charge in [0.25, 0.3) is 5.92 Å². The van der Waals surface area contributed by atoms with Crippen molar-refractivity contribution in [2.24, 2.45) is 0 Å². The van der Waals surface area contributed by atoms with Gasteiger partial charge in [0.2, 0.25) is 0 Å². The average Bonchev–Trinajstić information content (AvgIpc) is 2.16. The van der Waals surface area contributed by atoms with Crippen LogP contribution in [0.25, 0.3) is 0 Å². The Bertz CT molecular complexity index is 249. The SMILES string of the molecule is CNCCC(F)(F)c1cccnc1. The summed E-state index contributed by atoms with van der Waals surface area (Å²) in [6, 6.07) is 2.91. The van der Waals surface area contributed by atoms with Gasteiger partial charge in [-0.1, -0.05) is 0 Å². The van der Waals surface area contributed by atoms with E-state index in [4.69, 9.17) is 0 Å². The maximum absolute atomic E-state index is 13.3. The van der Waals surface area contributed by atoms with Gasteiger partial charge in [0, 0.05) is 30.9 Å². The van der Waals surface area contributed by atoms with Crippen LogP contribution in [0.15, 0.2) is 24.5 Å². The Morgan fingerprint density at radius 2 is 2.31 bits per heavy atom. The fourth-order valence-corrected chi connectivity index (χ4v) is 1.01. The summed E-state index contributed by atoms with van der Waals surface area (Å²) in [7, 11) is 1.65. The lowest BCUT2D eigenvalue weighted by molar-refractivity contribution is -0.0126. The highest BCUT2D eigenvalue weighted by Crippen LogP contribution is 2.30. The van der Waals surface area contributed by atoms with Crippen LogP contribution in [0, 0.1) is 0 Å². The number of hydrogen-bond acceptors (Lipinski definition) is 2. The molecule has 1 rings (SSSR count). The van der Waals surface area contributed by atoms with Gasteiger partial charge in [0.1, 0.15) is 0 Å². The van der Waals surface area contributed by atoms with E-state index in [1.807, 2.05) is 0 Å². The summed E-state index contributed by atoms with van der Waals surface area (Å²) in [6.07, 6.45) is 2.49. The minimum atomic E-state index is -2.78. The molecule has 0 bridgehead atoms. The Hall–Kier alpha value is -1.03. The van der Waals surface area contributed by atoms with Gasteiger partial charge in [-0.25, -0.2) is 8.78 Å². The van der Waals surface area contributed by atoms with Crippen molar-refractivity contribution in [1.29, 1.82) is 0 Å².